The topological polar surface area (TPSA) is 53.4 Å². The minimum atomic E-state index is -0.673. The molecule has 5 heteroatoms. The van der Waals surface area contributed by atoms with Crippen LogP contribution in [0.25, 0.3) is 0 Å². The van der Waals surface area contributed by atoms with E-state index < -0.39 is 11.5 Å². The number of rotatable bonds is 5. The summed E-state index contributed by atoms with van der Waals surface area (Å²) in [6.45, 7) is 3.58. The Labute approximate surface area is 105 Å². The number of aromatic nitrogens is 1. The summed E-state index contributed by atoms with van der Waals surface area (Å²) < 4.78 is 0. The molecule has 0 saturated carbocycles. The number of likely N-dealkylation sites (tertiary alicyclic amines) is 1. The zero-order valence-electron chi connectivity index (χ0n) is 10.1. The number of aliphatic carboxylic acids is 1. The highest BCUT2D eigenvalue weighted by Crippen LogP contribution is 2.35. The maximum atomic E-state index is 11.6. The molecule has 2 rings (SSSR count). The molecule has 0 radical (unpaired) electrons. The molecular weight excluding hydrogens is 236 g/mol. The molecule has 1 atom stereocenters. The van der Waals surface area contributed by atoms with Crippen molar-refractivity contribution >= 4 is 17.3 Å². The van der Waals surface area contributed by atoms with E-state index in [1.807, 2.05) is 12.3 Å². The SMILES string of the molecule is CCCC1(C(=O)O)CCCN1Cc1nccs1. The molecule has 1 aliphatic heterocycles. The highest BCUT2D eigenvalue weighted by atomic mass is 32.1. The van der Waals surface area contributed by atoms with Gasteiger partial charge in [0.15, 0.2) is 0 Å². The van der Waals surface area contributed by atoms with E-state index in [0.29, 0.717) is 6.54 Å². The van der Waals surface area contributed by atoms with Crippen molar-refractivity contribution in [3.8, 4) is 0 Å². The van der Waals surface area contributed by atoms with Crippen LogP contribution in [0.1, 0.15) is 37.6 Å². The zero-order chi connectivity index (χ0) is 12.3. The number of hydrogen-bond acceptors (Lipinski definition) is 4. The quantitative estimate of drug-likeness (QED) is 0.876. The van der Waals surface area contributed by atoms with E-state index in [1.54, 1.807) is 17.5 Å². The number of thiazole rings is 1. The van der Waals surface area contributed by atoms with Gasteiger partial charge in [-0.3, -0.25) is 9.69 Å². The third-order valence-electron chi connectivity index (χ3n) is 3.49. The fourth-order valence-corrected chi connectivity index (χ4v) is 3.34. The lowest BCUT2D eigenvalue weighted by molar-refractivity contribution is -0.150. The van der Waals surface area contributed by atoms with Gasteiger partial charge in [0.05, 0.1) is 6.54 Å². The van der Waals surface area contributed by atoms with E-state index in [9.17, 15) is 9.90 Å². The van der Waals surface area contributed by atoms with Gasteiger partial charge in [0.2, 0.25) is 0 Å². The van der Waals surface area contributed by atoms with Crippen LogP contribution in [0.2, 0.25) is 0 Å². The van der Waals surface area contributed by atoms with Gasteiger partial charge in [-0.15, -0.1) is 11.3 Å². The first-order valence-electron chi connectivity index (χ1n) is 6.06. The Morgan fingerprint density at radius 2 is 2.53 bits per heavy atom. The van der Waals surface area contributed by atoms with Crippen LogP contribution in [0, 0.1) is 0 Å². The van der Waals surface area contributed by atoms with E-state index in [2.05, 4.69) is 9.88 Å². The highest BCUT2D eigenvalue weighted by molar-refractivity contribution is 7.09. The fraction of sp³-hybridized carbons (Fsp3) is 0.667. The molecule has 1 aromatic heterocycles. The minimum absolute atomic E-state index is 0.652. The van der Waals surface area contributed by atoms with Gasteiger partial charge in [0.25, 0.3) is 0 Å². The van der Waals surface area contributed by atoms with Crippen LogP contribution in [0.5, 0.6) is 0 Å². The predicted octanol–water partition coefficient (Wildman–Crippen LogP) is 2.36. The normalized spacial score (nSPS) is 25.2. The van der Waals surface area contributed by atoms with E-state index in [0.717, 1.165) is 37.2 Å². The van der Waals surface area contributed by atoms with Crippen LogP contribution in [0.3, 0.4) is 0 Å². The van der Waals surface area contributed by atoms with Gasteiger partial charge < -0.3 is 5.11 Å². The zero-order valence-corrected chi connectivity index (χ0v) is 10.9. The molecule has 17 heavy (non-hydrogen) atoms. The van der Waals surface area contributed by atoms with Gasteiger partial charge in [-0.25, -0.2) is 4.98 Å². The number of nitrogens with zero attached hydrogens (tertiary/aromatic N) is 2. The smallest absolute Gasteiger partial charge is 0.324 e. The summed E-state index contributed by atoms with van der Waals surface area (Å²) in [4.78, 5) is 17.9. The molecule has 94 valence electrons. The maximum absolute atomic E-state index is 11.6. The second kappa shape index (κ2) is 5.14. The summed E-state index contributed by atoms with van der Waals surface area (Å²) in [5, 5.41) is 12.5. The Kier molecular flexibility index (Phi) is 3.79. The van der Waals surface area contributed by atoms with Crippen LogP contribution in [-0.4, -0.2) is 33.0 Å². The maximum Gasteiger partial charge on any atom is 0.324 e. The third-order valence-corrected chi connectivity index (χ3v) is 4.26. The summed E-state index contributed by atoms with van der Waals surface area (Å²) >= 11 is 1.59. The molecule has 2 heterocycles. The van der Waals surface area contributed by atoms with Crippen molar-refractivity contribution in [1.29, 1.82) is 0 Å². The lowest BCUT2D eigenvalue weighted by atomic mass is 9.91. The van der Waals surface area contributed by atoms with Crippen molar-refractivity contribution in [1.82, 2.24) is 9.88 Å². The third kappa shape index (κ3) is 2.35. The Morgan fingerprint density at radius 1 is 1.71 bits per heavy atom. The number of carbonyl (C=O) groups is 1. The Bertz CT molecular complexity index is 380. The van der Waals surface area contributed by atoms with Gasteiger partial charge in [0, 0.05) is 11.6 Å². The Hall–Kier alpha value is -0.940. The summed E-state index contributed by atoms with van der Waals surface area (Å²) in [5.74, 6) is -0.673. The molecule has 0 aromatic carbocycles. The largest absolute Gasteiger partial charge is 0.480 e. The van der Waals surface area contributed by atoms with E-state index in [4.69, 9.17) is 0 Å². The van der Waals surface area contributed by atoms with Crippen molar-refractivity contribution in [2.45, 2.75) is 44.7 Å². The molecule has 1 aromatic rings. The molecule has 1 aliphatic rings. The predicted molar refractivity (Wildman–Crippen MR) is 67.0 cm³/mol. The molecule has 1 unspecified atom stereocenters. The van der Waals surface area contributed by atoms with Crippen molar-refractivity contribution in [3.05, 3.63) is 16.6 Å². The van der Waals surface area contributed by atoms with Crippen LogP contribution < -0.4 is 0 Å². The highest BCUT2D eigenvalue weighted by Gasteiger charge is 2.46. The van der Waals surface area contributed by atoms with Crippen molar-refractivity contribution in [3.63, 3.8) is 0 Å². The second-order valence-electron chi connectivity index (χ2n) is 4.54. The standard InChI is InChI=1S/C12H18N2O2S/c1-2-4-12(11(15)16)5-3-7-14(12)9-10-13-6-8-17-10/h6,8H,2-5,7,9H2,1H3,(H,15,16). The Morgan fingerprint density at radius 3 is 3.12 bits per heavy atom. The number of carboxylic acid groups (broad SMARTS) is 1. The molecule has 0 bridgehead atoms. The lowest BCUT2D eigenvalue weighted by Gasteiger charge is -2.34. The van der Waals surface area contributed by atoms with Gasteiger partial charge >= 0.3 is 5.97 Å². The number of carboxylic acids is 1. The fourth-order valence-electron chi connectivity index (χ4n) is 2.71. The first-order chi connectivity index (χ1) is 8.19. The van der Waals surface area contributed by atoms with E-state index in [-0.39, 0.29) is 0 Å². The molecular formula is C12H18N2O2S. The molecule has 1 saturated heterocycles. The average molecular weight is 254 g/mol. The van der Waals surface area contributed by atoms with E-state index in [1.165, 1.54) is 0 Å². The average Bonchev–Trinajstić information content (AvgIpc) is 2.91. The second-order valence-corrected chi connectivity index (χ2v) is 5.52. The minimum Gasteiger partial charge on any atom is -0.480 e. The van der Waals surface area contributed by atoms with Gasteiger partial charge in [-0.2, -0.15) is 0 Å². The monoisotopic (exact) mass is 254 g/mol. The van der Waals surface area contributed by atoms with Gasteiger partial charge in [0.1, 0.15) is 10.5 Å². The summed E-state index contributed by atoms with van der Waals surface area (Å²) in [6, 6.07) is 0. The molecule has 0 spiro atoms. The molecule has 1 fully saturated rings. The summed E-state index contributed by atoms with van der Waals surface area (Å²) in [6.07, 6.45) is 5.14. The molecule has 4 nitrogen and oxygen atoms in total. The van der Waals surface area contributed by atoms with Crippen LogP contribution in [0.4, 0.5) is 0 Å². The van der Waals surface area contributed by atoms with Crippen LogP contribution in [-0.2, 0) is 11.3 Å². The first kappa shape index (κ1) is 12.5. The molecule has 0 amide bonds. The van der Waals surface area contributed by atoms with Crippen molar-refractivity contribution in [2.24, 2.45) is 0 Å². The van der Waals surface area contributed by atoms with E-state index >= 15 is 0 Å². The van der Waals surface area contributed by atoms with Gasteiger partial charge in [-0.1, -0.05) is 13.3 Å². The number of hydrogen-bond donors (Lipinski definition) is 1. The first-order valence-corrected chi connectivity index (χ1v) is 6.94. The lowest BCUT2D eigenvalue weighted by Crippen LogP contribution is -2.49. The summed E-state index contributed by atoms with van der Waals surface area (Å²) in [5.41, 5.74) is -0.652. The van der Waals surface area contributed by atoms with Gasteiger partial charge in [-0.05, 0) is 25.8 Å². The molecule has 0 aliphatic carbocycles. The summed E-state index contributed by atoms with van der Waals surface area (Å²) in [7, 11) is 0. The Balaban J connectivity index is 2.16. The van der Waals surface area contributed by atoms with Crippen LogP contribution in [0.15, 0.2) is 11.6 Å². The van der Waals surface area contributed by atoms with Crippen molar-refractivity contribution in [2.75, 3.05) is 6.54 Å². The van der Waals surface area contributed by atoms with Crippen LogP contribution >= 0.6 is 11.3 Å². The molecule has 1 N–H and O–H groups in total. The van der Waals surface area contributed by atoms with Crippen molar-refractivity contribution < 1.29 is 9.90 Å².